The summed E-state index contributed by atoms with van der Waals surface area (Å²) in [7, 11) is 1.67. The van der Waals surface area contributed by atoms with Crippen LogP contribution in [0.4, 0.5) is 0 Å². The van der Waals surface area contributed by atoms with Crippen molar-refractivity contribution in [3.8, 4) is 5.75 Å². The van der Waals surface area contributed by atoms with E-state index in [1.165, 1.54) is 6.42 Å². The molecule has 18 heavy (non-hydrogen) atoms. The van der Waals surface area contributed by atoms with Gasteiger partial charge in [0.2, 0.25) is 0 Å². The van der Waals surface area contributed by atoms with Crippen molar-refractivity contribution >= 4 is 15.9 Å². The smallest absolute Gasteiger partial charge is 0.119 e. The van der Waals surface area contributed by atoms with Gasteiger partial charge in [-0.05, 0) is 48.9 Å². The number of hydrogen-bond donors (Lipinski definition) is 1. The van der Waals surface area contributed by atoms with Gasteiger partial charge in [-0.1, -0.05) is 29.3 Å². The van der Waals surface area contributed by atoms with E-state index in [0.29, 0.717) is 12.3 Å². The highest BCUT2D eigenvalue weighted by Crippen LogP contribution is 2.39. The maximum absolute atomic E-state index is 10.7. The van der Waals surface area contributed by atoms with E-state index in [1.54, 1.807) is 7.11 Å². The molecule has 2 atom stereocenters. The van der Waals surface area contributed by atoms with Gasteiger partial charge in [0.05, 0.1) is 12.7 Å². The molecule has 0 amide bonds. The minimum absolute atomic E-state index is 0.532. The van der Waals surface area contributed by atoms with Gasteiger partial charge in [0.15, 0.2) is 0 Å². The van der Waals surface area contributed by atoms with Crippen molar-refractivity contribution < 1.29 is 9.84 Å². The quantitative estimate of drug-likeness (QED) is 0.912. The fourth-order valence-corrected chi connectivity index (χ4v) is 3.28. The molecule has 0 aliphatic heterocycles. The highest BCUT2D eigenvalue weighted by molar-refractivity contribution is 9.10. The number of aliphatic hydroxyl groups is 1. The third kappa shape index (κ3) is 3.07. The Kier molecular flexibility index (Phi) is 4.33. The van der Waals surface area contributed by atoms with Crippen LogP contribution in [0.25, 0.3) is 0 Å². The van der Waals surface area contributed by atoms with Gasteiger partial charge in [-0.25, -0.2) is 0 Å². The Labute approximate surface area is 117 Å². The van der Waals surface area contributed by atoms with Gasteiger partial charge in [-0.15, -0.1) is 0 Å². The molecule has 0 spiro atoms. The van der Waals surface area contributed by atoms with E-state index in [9.17, 15) is 5.11 Å². The number of hydrogen-bond acceptors (Lipinski definition) is 2. The molecule has 3 heteroatoms. The summed E-state index contributed by atoms with van der Waals surface area (Å²) in [6, 6.07) is 5.94. The minimum atomic E-state index is -0.532. The SMILES string of the molecule is CCC1CCC(O)(Cc2cc(OC)ccc2Br)C1. The highest BCUT2D eigenvalue weighted by Gasteiger charge is 2.36. The van der Waals surface area contributed by atoms with Gasteiger partial charge in [-0.3, -0.25) is 0 Å². The zero-order chi connectivity index (χ0) is 13.2. The second-order valence-electron chi connectivity index (χ2n) is 5.38. The lowest BCUT2D eigenvalue weighted by Gasteiger charge is -2.23. The summed E-state index contributed by atoms with van der Waals surface area (Å²) < 4.78 is 6.30. The molecule has 0 radical (unpaired) electrons. The van der Waals surface area contributed by atoms with Crippen molar-refractivity contribution in [2.45, 2.75) is 44.6 Å². The fraction of sp³-hybridized carbons (Fsp3) is 0.600. The lowest BCUT2D eigenvalue weighted by Crippen LogP contribution is -2.28. The Morgan fingerprint density at radius 3 is 2.89 bits per heavy atom. The van der Waals surface area contributed by atoms with E-state index in [4.69, 9.17) is 4.74 Å². The average molecular weight is 313 g/mol. The summed E-state index contributed by atoms with van der Waals surface area (Å²) in [5.41, 5.74) is 0.601. The molecule has 2 nitrogen and oxygen atoms in total. The van der Waals surface area contributed by atoms with Crippen LogP contribution in [0.2, 0.25) is 0 Å². The Balaban J connectivity index is 2.13. The van der Waals surface area contributed by atoms with Crippen molar-refractivity contribution in [2.75, 3.05) is 7.11 Å². The van der Waals surface area contributed by atoms with Crippen LogP contribution in [0.15, 0.2) is 22.7 Å². The van der Waals surface area contributed by atoms with Crippen molar-refractivity contribution in [2.24, 2.45) is 5.92 Å². The normalized spacial score (nSPS) is 27.4. The summed E-state index contributed by atoms with van der Waals surface area (Å²) in [4.78, 5) is 0. The molecule has 1 N–H and O–H groups in total. The van der Waals surface area contributed by atoms with Gasteiger partial charge in [0, 0.05) is 10.9 Å². The topological polar surface area (TPSA) is 29.5 Å². The Morgan fingerprint density at radius 1 is 1.50 bits per heavy atom. The van der Waals surface area contributed by atoms with Gasteiger partial charge in [0.25, 0.3) is 0 Å². The first-order chi connectivity index (χ1) is 8.56. The number of benzene rings is 1. The summed E-state index contributed by atoms with van der Waals surface area (Å²) in [5.74, 6) is 1.53. The zero-order valence-electron chi connectivity index (χ0n) is 11.1. The lowest BCUT2D eigenvalue weighted by molar-refractivity contribution is 0.0435. The van der Waals surface area contributed by atoms with E-state index in [0.717, 1.165) is 35.0 Å². The molecule has 1 saturated carbocycles. The molecule has 0 saturated heterocycles. The second-order valence-corrected chi connectivity index (χ2v) is 6.23. The van der Waals surface area contributed by atoms with Crippen LogP contribution in [0, 0.1) is 5.92 Å². The van der Waals surface area contributed by atoms with E-state index < -0.39 is 5.60 Å². The van der Waals surface area contributed by atoms with Crippen molar-refractivity contribution in [1.29, 1.82) is 0 Å². The van der Waals surface area contributed by atoms with E-state index in [1.807, 2.05) is 18.2 Å². The predicted octanol–water partition coefficient (Wildman–Crippen LogP) is 3.94. The highest BCUT2D eigenvalue weighted by atomic mass is 79.9. The Hall–Kier alpha value is -0.540. The average Bonchev–Trinajstić information content (AvgIpc) is 2.74. The second kappa shape index (κ2) is 5.62. The monoisotopic (exact) mass is 312 g/mol. The first kappa shape index (κ1) is 13.9. The molecule has 2 rings (SSSR count). The molecule has 0 heterocycles. The maximum atomic E-state index is 10.7. The van der Waals surface area contributed by atoms with Crippen LogP contribution in [-0.4, -0.2) is 17.8 Å². The van der Waals surface area contributed by atoms with Crippen LogP contribution in [-0.2, 0) is 6.42 Å². The fourth-order valence-electron chi connectivity index (χ4n) is 2.89. The molecule has 1 fully saturated rings. The predicted molar refractivity (Wildman–Crippen MR) is 77.0 cm³/mol. The van der Waals surface area contributed by atoms with Crippen molar-refractivity contribution in [3.05, 3.63) is 28.2 Å². The van der Waals surface area contributed by atoms with Crippen LogP contribution < -0.4 is 4.74 Å². The molecule has 1 aliphatic carbocycles. The van der Waals surface area contributed by atoms with Crippen LogP contribution in [0.5, 0.6) is 5.75 Å². The molecule has 100 valence electrons. The Bertz CT molecular complexity index is 419. The van der Waals surface area contributed by atoms with E-state index in [-0.39, 0.29) is 0 Å². The summed E-state index contributed by atoms with van der Waals surface area (Å²) in [5, 5.41) is 10.7. The number of halogens is 1. The van der Waals surface area contributed by atoms with E-state index >= 15 is 0 Å². The summed E-state index contributed by atoms with van der Waals surface area (Å²) in [6.07, 6.45) is 4.86. The van der Waals surface area contributed by atoms with Gasteiger partial charge < -0.3 is 9.84 Å². The largest absolute Gasteiger partial charge is 0.497 e. The third-order valence-electron chi connectivity index (χ3n) is 4.04. The van der Waals surface area contributed by atoms with Gasteiger partial charge in [0.1, 0.15) is 5.75 Å². The molecule has 0 aromatic heterocycles. The first-order valence-corrected chi connectivity index (χ1v) is 7.40. The maximum Gasteiger partial charge on any atom is 0.119 e. The minimum Gasteiger partial charge on any atom is -0.497 e. The molecule has 0 bridgehead atoms. The molecular formula is C15H21BrO2. The molecular weight excluding hydrogens is 292 g/mol. The Morgan fingerprint density at radius 2 is 2.28 bits per heavy atom. The van der Waals surface area contributed by atoms with Gasteiger partial charge in [-0.2, -0.15) is 0 Å². The van der Waals surface area contributed by atoms with Crippen LogP contribution >= 0.6 is 15.9 Å². The molecule has 1 aromatic rings. The molecule has 1 aliphatic rings. The van der Waals surface area contributed by atoms with E-state index in [2.05, 4.69) is 22.9 Å². The molecule has 2 unspecified atom stereocenters. The number of rotatable bonds is 4. The van der Waals surface area contributed by atoms with Crippen LogP contribution in [0.1, 0.15) is 38.2 Å². The molecule has 1 aromatic carbocycles. The lowest BCUT2D eigenvalue weighted by atomic mass is 9.91. The first-order valence-electron chi connectivity index (χ1n) is 6.61. The third-order valence-corrected chi connectivity index (χ3v) is 4.81. The summed E-state index contributed by atoms with van der Waals surface area (Å²) in [6.45, 7) is 2.21. The number of ether oxygens (including phenoxy) is 1. The zero-order valence-corrected chi connectivity index (χ0v) is 12.7. The van der Waals surface area contributed by atoms with Crippen molar-refractivity contribution in [1.82, 2.24) is 0 Å². The summed E-state index contributed by atoms with van der Waals surface area (Å²) >= 11 is 3.56. The van der Waals surface area contributed by atoms with Crippen LogP contribution in [0.3, 0.4) is 0 Å². The number of methoxy groups -OCH3 is 1. The standard InChI is InChI=1S/C15H21BrO2/c1-3-11-6-7-15(17,9-11)10-12-8-13(18-2)4-5-14(12)16/h4-5,8,11,17H,3,6-7,9-10H2,1-2H3. The van der Waals surface area contributed by atoms with Gasteiger partial charge >= 0.3 is 0 Å². The van der Waals surface area contributed by atoms with Crippen molar-refractivity contribution in [3.63, 3.8) is 0 Å².